The molecule has 0 unspecified atom stereocenters. The Morgan fingerprint density at radius 3 is 2.81 bits per heavy atom. The third-order valence-electron chi connectivity index (χ3n) is 5.73. The predicted octanol–water partition coefficient (Wildman–Crippen LogP) is 2.82. The van der Waals surface area contributed by atoms with E-state index in [1.54, 1.807) is 0 Å². The lowest BCUT2D eigenvalue weighted by atomic mass is 9.89. The summed E-state index contributed by atoms with van der Waals surface area (Å²) in [4.78, 5) is 2.11. The highest BCUT2D eigenvalue weighted by Crippen LogP contribution is 2.50. The average Bonchev–Trinajstić information content (AvgIpc) is 3.10. The van der Waals surface area contributed by atoms with Crippen molar-refractivity contribution >= 4 is 0 Å². The highest BCUT2D eigenvalue weighted by molar-refractivity contribution is 5.17. The summed E-state index contributed by atoms with van der Waals surface area (Å²) in [7, 11) is 4.08. The lowest BCUT2D eigenvalue weighted by molar-refractivity contribution is 0.136. The van der Waals surface area contributed by atoms with Gasteiger partial charge in [0.2, 0.25) is 0 Å². The first-order valence-electron chi connectivity index (χ1n) is 9.80. The van der Waals surface area contributed by atoms with Crippen LogP contribution in [-0.2, 0) is 4.74 Å². The van der Waals surface area contributed by atoms with Crippen LogP contribution in [0.4, 0.5) is 0 Å². The molecule has 0 radical (unpaired) electrons. The summed E-state index contributed by atoms with van der Waals surface area (Å²) >= 11 is 0. The molecular weight excluding hydrogens is 326 g/mol. The van der Waals surface area contributed by atoms with Crippen LogP contribution >= 0.6 is 0 Å². The second-order valence-electron chi connectivity index (χ2n) is 8.15. The van der Waals surface area contributed by atoms with Crippen molar-refractivity contribution in [3.05, 3.63) is 24.0 Å². The largest absolute Gasteiger partial charge is 0.500 e. The highest BCUT2D eigenvalue weighted by atomic mass is 16.5. The molecule has 2 fully saturated rings. The average molecular weight is 362 g/mol. The highest BCUT2D eigenvalue weighted by Gasteiger charge is 2.45. The summed E-state index contributed by atoms with van der Waals surface area (Å²) < 4.78 is 5.69. The predicted molar refractivity (Wildman–Crippen MR) is 105 cm³/mol. The van der Waals surface area contributed by atoms with E-state index in [9.17, 15) is 10.2 Å². The van der Waals surface area contributed by atoms with E-state index in [-0.39, 0.29) is 17.9 Å². The first kappa shape index (κ1) is 21.0. The van der Waals surface area contributed by atoms with Crippen molar-refractivity contribution < 1.29 is 14.9 Å². The SMILES string of the molecule is CC#CC[C@@H](C)[C@H](O)C=C[C@@H]1[C@H]2CC(=COCCN(C)C)C[C@H]2C[C@H]1O. The van der Waals surface area contributed by atoms with E-state index in [0.29, 0.717) is 24.9 Å². The third kappa shape index (κ3) is 5.87. The maximum Gasteiger partial charge on any atom is 0.0999 e. The van der Waals surface area contributed by atoms with E-state index >= 15 is 0 Å². The minimum Gasteiger partial charge on any atom is -0.500 e. The number of aliphatic hydroxyl groups excluding tert-OH is 2. The van der Waals surface area contributed by atoms with Crippen molar-refractivity contribution in [1.29, 1.82) is 0 Å². The van der Waals surface area contributed by atoms with Crippen molar-refractivity contribution in [2.24, 2.45) is 23.7 Å². The van der Waals surface area contributed by atoms with Gasteiger partial charge in [0.1, 0.15) is 0 Å². The van der Waals surface area contributed by atoms with Crippen LogP contribution in [0.5, 0.6) is 0 Å². The molecule has 0 aromatic rings. The number of likely N-dealkylation sites (N-methyl/N-ethyl adjacent to an activating group) is 1. The fraction of sp³-hybridized carbons (Fsp3) is 0.727. The molecule has 0 spiro atoms. The molecule has 6 atom stereocenters. The molecule has 2 aliphatic carbocycles. The zero-order chi connectivity index (χ0) is 19.1. The molecule has 2 N–H and O–H groups in total. The Kier molecular flexibility index (Phi) is 8.21. The number of fused-ring (bicyclic) bond motifs is 1. The number of nitrogens with zero attached hydrogens (tertiary/aromatic N) is 1. The van der Waals surface area contributed by atoms with Gasteiger partial charge in [0, 0.05) is 18.9 Å². The Bertz CT molecular complexity index is 557. The molecule has 0 saturated heterocycles. The maximum atomic E-state index is 10.4. The van der Waals surface area contributed by atoms with Gasteiger partial charge in [0.15, 0.2) is 0 Å². The molecule has 146 valence electrons. The van der Waals surface area contributed by atoms with Crippen molar-refractivity contribution in [2.45, 2.75) is 51.7 Å². The summed E-state index contributed by atoms with van der Waals surface area (Å²) in [6.45, 7) is 5.45. The summed E-state index contributed by atoms with van der Waals surface area (Å²) in [6.07, 6.45) is 8.61. The molecule has 0 aliphatic heterocycles. The summed E-state index contributed by atoms with van der Waals surface area (Å²) in [5.41, 5.74) is 1.36. The molecule has 26 heavy (non-hydrogen) atoms. The molecule has 0 heterocycles. The molecule has 0 aromatic heterocycles. The number of hydrogen-bond donors (Lipinski definition) is 2. The van der Waals surface area contributed by atoms with E-state index < -0.39 is 6.10 Å². The van der Waals surface area contributed by atoms with Gasteiger partial charge in [-0.2, -0.15) is 0 Å². The van der Waals surface area contributed by atoms with E-state index in [2.05, 4.69) is 16.7 Å². The minimum absolute atomic E-state index is 0.108. The third-order valence-corrected chi connectivity index (χ3v) is 5.73. The van der Waals surface area contributed by atoms with Gasteiger partial charge in [-0.25, -0.2) is 0 Å². The van der Waals surface area contributed by atoms with Crippen molar-refractivity contribution in [2.75, 3.05) is 27.2 Å². The monoisotopic (exact) mass is 361 g/mol. The fourth-order valence-corrected chi connectivity index (χ4v) is 4.10. The molecule has 2 rings (SSSR count). The number of allylic oxidation sites excluding steroid dienone is 1. The fourth-order valence-electron chi connectivity index (χ4n) is 4.10. The Morgan fingerprint density at radius 1 is 1.35 bits per heavy atom. The van der Waals surface area contributed by atoms with E-state index in [1.807, 2.05) is 46.4 Å². The van der Waals surface area contributed by atoms with Gasteiger partial charge >= 0.3 is 0 Å². The Morgan fingerprint density at radius 2 is 2.12 bits per heavy atom. The number of aliphatic hydroxyl groups is 2. The van der Waals surface area contributed by atoms with Crippen molar-refractivity contribution in [1.82, 2.24) is 4.90 Å². The number of rotatable bonds is 8. The quantitative estimate of drug-likeness (QED) is 0.302. The van der Waals surface area contributed by atoms with Crippen LogP contribution in [0.25, 0.3) is 0 Å². The van der Waals surface area contributed by atoms with Gasteiger partial charge in [-0.1, -0.05) is 19.1 Å². The van der Waals surface area contributed by atoms with Gasteiger partial charge in [-0.3, -0.25) is 0 Å². The first-order valence-corrected chi connectivity index (χ1v) is 9.80. The Balaban J connectivity index is 1.89. The van der Waals surface area contributed by atoms with Crippen LogP contribution in [0.2, 0.25) is 0 Å². The zero-order valence-corrected chi connectivity index (χ0v) is 16.7. The maximum absolute atomic E-state index is 10.4. The van der Waals surface area contributed by atoms with Crippen LogP contribution in [0.3, 0.4) is 0 Å². The number of hydrogen-bond acceptors (Lipinski definition) is 4. The second kappa shape index (κ2) is 10.2. The van der Waals surface area contributed by atoms with E-state index in [0.717, 1.165) is 25.8 Å². The van der Waals surface area contributed by atoms with Crippen LogP contribution in [-0.4, -0.2) is 54.6 Å². The van der Waals surface area contributed by atoms with E-state index in [1.165, 1.54) is 5.57 Å². The molecule has 0 amide bonds. The lowest BCUT2D eigenvalue weighted by Crippen LogP contribution is -2.19. The van der Waals surface area contributed by atoms with Gasteiger partial charge in [-0.15, -0.1) is 11.8 Å². The molecule has 2 aliphatic rings. The molecular formula is C22H35NO3. The Labute approximate surface area is 158 Å². The van der Waals surface area contributed by atoms with Crippen LogP contribution in [0.1, 0.15) is 39.5 Å². The van der Waals surface area contributed by atoms with Gasteiger partial charge in [0.25, 0.3) is 0 Å². The van der Waals surface area contributed by atoms with Gasteiger partial charge < -0.3 is 19.8 Å². The Hall–Kier alpha value is -1.28. The van der Waals surface area contributed by atoms with Crippen LogP contribution in [0.15, 0.2) is 24.0 Å². The minimum atomic E-state index is -0.507. The summed E-state index contributed by atoms with van der Waals surface area (Å²) in [5, 5.41) is 20.7. The zero-order valence-electron chi connectivity index (χ0n) is 16.7. The van der Waals surface area contributed by atoms with Gasteiger partial charge in [-0.05, 0) is 63.6 Å². The summed E-state index contributed by atoms with van der Waals surface area (Å²) in [5.74, 6) is 7.13. The smallest absolute Gasteiger partial charge is 0.0999 e. The first-order chi connectivity index (χ1) is 12.4. The molecule has 2 saturated carbocycles. The van der Waals surface area contributed by atoms with Crippen molar-refractivity contribution in [3.63, 3.8) is 0 Å². The van der Waals surface area contributed by atoms with Crippen molar-refractivity contribution in [3.8, 4) is 11.8 Å². The van der Waals surface area contributed by atoms with Gasteiger partial charge in [0.05, 0.1) is 25.1 Å². The normalized spacial score (nSPS) is 31.9. The summed E-state index contributed by atoms with van der Waals surface area (Å²) in [6, 6.07) is 0. The lowest BCUT2D eigenvalue weighted by Gasteiger charge is -2.19. The topological polar surface area (TPSA) is 52.9 Å². The molecule has 0 bridgehead atoms. The molecule has 4 heteroatoms. The van der Waals surface area contributed by atoms with Crippen LogP contribution in [0, 0.1) is 35.5 Å². The molecule has 4 nitrogen and oxygen atoms in total. The second-order valence-corrected chi connectivity index (χ2v) is 8.15. The van der Waals surface area contributed by atoms with Crippen LogP contribution < -0.4 is 0 Å². The number of ether oxygens (including phenoxy) is 1. The standard InChI is InChI=1S/C22H35NO3/c1-5-6-7-16(2)21(24)9-8-19-20-13-17(12-18(20)14-22(19)25)15-26-11-10-23(3)4/h8-9,15-16,18-22,24-25H,7,10-14H2,1-4H3/t16-,18+,19-,20+,21-,22-/m1/s1. The molecule has 0 aromatic carbocycles. The van der Waals surface area contributed by atoms with E-state index in [4.69, 9.17) is 4.74 Å².